The molecule has 106 valence electrons. The molecule has 2 N–H and O–H groups in total. The summed E-state index contributed by atoms with van der Waals surface area (Å²) in [6.07, 6.45) is 4.50. The molecule has 0 aliphatic heterocycles. The third kappa shape index (κ3) is 3.70. The van der Waals surface area contributed by atoms with Crippen LogP contribution in [0.5, 0.6) is 0 Å². The zero-order valence-electron chi connectivity index (χ0n) is 11.8. The van der Waals surface area contributed by atoms with E-state index in [-0.39, 0.29) is 5.82 Å². The molecule has 1 aromatic rings. The zero-order valence-corrected chi connectivity index (χ0v) is 12.5. The van der Waals surface area contributed by atoms with Gasteiger partial charge < -0.3 is 5.73 Å². The molecule has 2 unspecified atom stereocenters. The Bertz CT molecular complexity index is 444. The first-order valence-electron chi connectivity index (χ1n) is 7.05. The van der Waals surface area contributed by atoms with Crippen LogP contribution in [0, 0.1) is 23.1 Å². The molecule has 1 aromatic carbocycles. The largest absolute Gasteiger partial charge is 0.330 e. The van der Waals surface area contributed by atoms with Gasteiger partial charge in [0, 0.05) is 5.02 Å². The minimum absolute atomic E-state index is 0.270. The van der Waals surface area contributed by atoms with Gasteiger partial charge in [-0.05, 0) is 67.2 Å². The van der Waals surface area contributed by atoms with Gasteiger partial charge in [-0.3, -0.25) is 0 Å². The number of nitrogens with two attached hydrogens (primary N) is 1. The lowest BCUT2D eigenvalue weighted by Crippen LogP contribution is -2.35. The second-order valence-electron chi connectivity index (χ2n) is 6.60. The maximum absolute atomic E-state index is 13.1. The number of halogens is 2. The molecule has 2 atom stereocenters. The quantitative estimate of drug-likeness (QED) is 0.873. The van der Waals surface area contributed by atoms with Gasteiger partial charge in [0.1, 0.15) is 5.82 Å². The lowest BCUT2D eigenvalue weighted by Gasteiger charge is -2.40. The van der Waals surface area contributed by atoms with Gasteiger partial charge in [0.2, 0.25) is 0 Å². The molecule has 0 amide bonds. The highest BCUT2D eigenvalue weighted by molar-refractivity contribution is 6.31. The monoisotopic (exact) mass is 283 g/mol. The molecule has 0 radical (unpaired) electrons. The van der Waals surface area contributed by atoms with Crippen molar-refractivity contribution in [2.45, 2.75) is 39.5 Å². The van der Waals surface area contributed by atoms with E-state index in [2.05, 4.69) is 13.8 Å². The van der Waals surface area contributed by atoms with Crippen molar-refractivity contribution in [1.29, 1.82) is 0 Å². The first kappa shape index (κ1) is 14.8. The summed E-state index contributed by atoms with van der Waals surface area (Å²) in [4.78, 5) is 0. The van der Waals surface area contributed by atoms with Crippen molar-refractivity contribution in [3.63, 3.8) is 0 Å². The van der Waals surface area contributed by atoms with Gasteiger partial charge in [0.15, 0.2) is 0 Å². The van der Waals surface area contributed by atoms with Gasteiger partial charge in [-0.1, -0.05) is 31.5 Å². The minimum atomic E-state index is -0.270. The Morgan fingerprint density at radius 2 is 2.11 bits per heavy atom. The molecule has 1 aliphatic rings. The van der Waals surface area contributed by atoms with Crippen LogP contribution >= 0.6 is 11.6 Å². The summed E-state index contributed by atoms with van der Waals surface area (Å²) >= 11 is 6.14. The highest BCUT2D eigenvalue weighted by Gasteiger charge is 2.34. The van der Waals surface area contributed by atoms with Crippen molar-refractivity contribution in [2.75, 3.05) is 6.54 Å². The normalized spacial score (nSPS) is 26.4. The molecular weight excluding hydrogens is 261 g/mol. The van der Waals surface area contributed by atoms with E-state index in [0.717, 1.165) is 18.5 Å². The molecule has 0 spiro atoms. The molecule has 1 aliphatic carbocycles. The fourth-order valence-electron chi connectivity index (χ4n) is 3.31. The van der Waals surface area contributed by atoms with Gasteiger partial charge in [0.25, 0.3) is 0 Å². The number of benzene rings is 1. The third-order valence-corrected chi connectivity index (χ3v) is 4.83. The summed E-state index contributed by atoms with van der Waals surface area (Å²) in [7, 11) is 0. The molecule has 0 aromatic heterocycles. The molecule has 0 heterocycles. The molecule has 1 nitrogen and oxygen atoms in total. The zero-order chi connectivity index (χ0) is 14.0. The van der Waals surface area contributed by atoms with Crippen LogP contribution in [0.3, 0.4) is 0 Å². The van der Waals surface area contributed by atoms with E-state index in [4.69, 9.17) is 17.3 Å². The predicted molar refractivity (Wildman–Crippen MR) is 78.8 cm³/mol. The van der Waals surface area contributed by atoms with Gasteiger partial charge in [-0.15, -0.1) is 0 Å². The van der Waals surface area contributed by atoms with Crippen molar-refractivity contribution in [3.05, 3.63) is 34.6 Å². The first-order valence-corrected chi connectivity index (χ1v) is 7.43. The van der Waals surface area contributed by atoms with Gasteiger partial charge in [-0.2, -0.15) is 0 Å². The summed E-state index contributed by atoms with van der Waals surface area (Å²) in [6.45, 7) is 5.37. The SMILES string of the molecule is CC1(C)CCC(CN)C(Cc2ccc(F)cc2Cl)C1. The Kier molecular flexibility index (Phi) is 4.52. The molecule has 2 rings (SSSR count). The van der Waals surface area contributed by atoms with Gasteiger partial charge >= 0.3 is 0 Å². The smallest absolute Gasteiger partial charge is 0.124 e. The highest BCUT2D eigenvalue weighted by atomic mass is 35.5. The molecule has 3 heteroatoms. The highest BCUT2D eigenvalue weighted by Crippen LogP contribution is 2.43. The van der Waals surface area contributed by atoms with Crippen molar-refractivity contribution in [3.8, 4) is 0 Å². The lowest BCUT2D eigenvalue weighted by atomic mass is 9.65. The van der Waals surface area contributed by atoms with E-state index < -0.39 is 0 Å². The average Bonchev–Trinajstić information content (AvgIpc) is 2.32. The van der Waals surface area contributed by atoms with E-state index in [1.54, 1.807) is 0 Å². The second kappa shape index (κ2) is 5.80. The molecule has 1 fully saturated rings. The van der Waals surface area contributed by atoms with Crippen LogP contribution in [0.15, 0.2) is 18.2 Å². The Hall–Kier alpha value is -0.600. The number of hydrogen-bond acceptors (Lipinski definition) is 1. The fourth-order valence-corrected chi connectivity index (χ4v) is 3.55. The van der Waals surface area contributed by atoms with Crippen LogP contribution in [0.1, 0.15) is 38.7 Å². The summed E-state index contributed by atoms with van der Waals surface area (Å²) in [5, 5.41) is 0.541. The maximum Gasteiger partial charge on any atom is 0.124 e. The number of hydrogen-bond donors (Lipinski definition) is 1. The van der Waals surface area contributed by atoms with Crippen LogP contribution in [0.2, 0.25) is 5.02 Å². The lowest BCUT2D eigenvalue weighted by molar-refractivity contribution is 0.121. The van der Waals surface area contributed by atoms with E-state index in [0.29, 0.717) is 22.3 Å². The summed E-state index contributed by atoms with van der Waals surface area (Å²) in [5.74, 6) is 0.846. The summed E-state index contributed by atoms with van der Waals surface area (Å²) in [6, 6.07) is 4.71. The second-order valence-corrected chi connectivity index (χ2v) is 7.01. The van der Waals surface area contributed by atoms with Crippen LogP contribution in [-0.4, -0.2) is 6.54 Å². The first-order chi connectivity index (χ1) is 8.91. The van der Waals surface area contributed by atoms with E-state index >= 15 is 0 Å². The van der Waals surface area contributed by atoms with E-state index in [1.807, 2.05) is 6.07 Å². The Morgan fingerprint density at radius 1 is 1.37 bits per heavy atom. The summed E-state index contributed by atoms with van der Waals surface area (Å²) in [5.41, 5.74) is 7.33. The molecule has 19 heavy (non-hydrogen) atoms. The van der Waals surface area contributed by atoms with E-state index in [9.17, 15) is 4.39 Å². The predicted octanol–water partition coefficient (Wildman–Crippen LogP) is 4.42. The number of rotatable bonds is 3. The van der Waals surface area contributed by atoms with E-state index in [1.165, 1.54) is 31.4 Å². The van der Waals surface area contributed by atoms with Crippen molar-refractivity contribution >= 4 is 11.6 Å². The van der Waals surface area contributed by atoms with Crippen molar-refractivity contribution in [2.24, 2.45) is 23.0 Å². The topological polar surface area (TPSA) is 26.0 Å². The Labute approximate surface area is 120 Å². The summed E-state index contributed by atoms with van der Waals surface area (Å²) < 4.78 is 13.1. The minimum Gasteiger partial charge on any atom is -0.330 e. The fraction of sp³-hybridized carbons (Fsp3) is 0.625. The average molecular weight is 284 g/mol. The van der Waals surface area contributed by atoms with Gasteiger partial charge in [0.05, 0.1) is 0 Å². The molecule has 0 saturated heterocycles. The van der Waals surface area contributed by atoms with Crippen LogP contribution < -0.4 is 5.73 Å². The standard InChI is InChI=1S/C16H23ClFN/c1-16(2)6-5-12(10-19)13(9-16)7-11-3-4-14(18)8-15(11)17/h3-4,8,12-13H,5-7,9-10,19H2,1-2H3. The van der Waals surface area contributed by atoms with Crippen LogP contribution in [0.4, 0.5) is 4.39 Å². The maximum atomic E-state index is 13.1. The Balaban J connectivity index is 2.14. The van der Waals surface area contributed by atoms with Gasteiger partial charge in [-0.25, -0.2) is 4.39 Å². The van der Waals surface area contributed by atoms with Crippen LogP contribution in [-0.2, 0) is 6.42 Å². The van der Waals surface area contributed by atoms with Crippen molar-refractivity contribution in [1.82, 2.24) is 0 Å². The third-order valence-electron chi connectivity index (χ3n) is 4.47. The molecule has 1 saturated carbocycles. The molecular formula is C16H23ClFN. The van der Waals surface area contributed by atoms with Crippen molar-refractivity contribution < 1.29 is 4.39 Å². The Morgan fingerprint density at radius 3 is 2.74 bits per heavy atom. The van der Waals surface area contributed by atoms with Crippen LogP contribution in [0.25, 0.3) is 0 Å². The molecule has 0 bridgehead atoms.